The molecule has 1 fully saturated rings. The Morgan fingerprint density at radius 2 is 2.00 bits per heavy atom. The van der Waals surface area contributed by atoms with Crippen LogP contribution in [0.5, 0.6) is 0 Å². The van der Waals surface area contributed by atoms with E-state index in [1.54, 1.807) is 0 Å². The normalized spacial score (nSPS) is 17.6. The Hall–Kier alpha value is -0.570. The van der Waals surface area contributed by atoms with E-state index in [0.29, 0.717) is 30.8 Å². The van der Waals surface area contributed by atoms with Gasteiger partial charge in [-0.1, -0.05) is 20.8 Å². The van der Waals surface area contributed by atoms with Gasteiger partial charge in [0.15, 0.2) is 0 Å². The molecule has 94 valence electrons. The number of nitrogens with zero attached hydrogens (tertiary/aromatic N) is 1. The number of hydrogen-bond donors (Lipinski definition) is 1. The molecular formula is C13H25NO2. The van der Waals surface area contributed by atoms with Crippen molar-refractivity contribution in [1.29, 1.82) is 0 Å². The molecule has 1 unspecified atom stereocenters. The number of carbonyl (C=O) groups is 1. The highest BCUT2D eigenvalue weighted by molar-refractivity contribution is 5.77. The van der Waals surface area contributed by atoms with E-state index in [0.717, 1.165) is 19.3 Å². The Bertz CT molecular complexity index is 224. The van der Waals surface area contributed by atoms with Gasteiger partial charge in [-0.05, 0) is 31.1 Å². The average molecular weight is 227 g/mol. The molecule has 1 aliphatic carbocycles. The molecule has 1 aliphatic rings. The molecule has 0 heterocycles. The summed E-state index contributed by atoms with van der Waals surface area (Å²) in [5.41, 5.74) is 0. The zero-order chi connectivity index (χ0) is 12.1. The number of carbonyl (C=O) groups excluding carboxylic acids is 1. The van der Waals surface area contributed by atoms with Crippen molar-refractivity contribution in [3.8, 4) is 0 Å². The van der Waals surface area contributed by atoms with Crippen LogP contribution in [-0.2, 0) is 4.79 Å². The molecule has 0 bridgehead atoms. The number of rotatable bonds is 7. The first-order valence-electron chi connectivity index (χ1n) is 6.45. The highest BCUT2D eigenvalue weighted by atomic mass is 16.3. The lowest BCUT2D eigenvalue weighted by atomic mass is 9.95. The molecule has 0 saturated heterocycles. The smallest absolute Gasteiger partial charge is 0.223 e. The van der Waals surface area contributed by atoms with Crippen molar-refractivity contribution in [2.45, 2.75) is 52.5 Å². The Labute approximate surface area is 98.8 Å². The van der Waals surface area contributed by atoms with Gasteiger partial charge < -0.3 is 10.0 Å². The molecule has 0 spiro atoms. The maximum atomic E-state index is 12.0. The van der Waals surface area contributed by atoms with Gasteiger partial charge in [-0.3, -0.25) is 4.79 Å². The van der Waals surface area contributed by atoms with E-state index in [1.807, 2.05) is 4.90 Å². The average Bonchev–Trinajstić information content (AvgIpc) is 2.95. The molecule has 1 atom stereocenters. The van der Waals surface area contributed by atoms with Crippen LogP contribution < -0.4 is 0 Å². The van der Waals surface area contributed by atoms with Crippen LogP contribution in [0.15, 0.2) is 0 Å². The minimum Gasteiger partial charge on any atom is -0.395 e. The van der Waals surface area contributed by atoms with E-state index in [9.17, 15) is 4.79 Å². The van der Waals surface area contributed by atoms with Crippen LogP contribution in [0.1, 0.15) is 46.5 Å². The van der Waals surface area contributed by atoms with Gasteiger partial charge in [0.1, 0.15) is 0 Å². The second-order valence-electron chi connectivity index (χ2n) is 5.48. The van der Waals surface area contributed by atoms with Gasteiger partial charge in [0.2, 0.25) is 5.91 Å². The fourth-order valence-electron chi connectivity index (χ4n) is 2.31. The SMILES string of the molecule is CC(C)CC(C)CC(=O)N(CCO)C1CC1. The summed E-state index contributed by atoms with van der Waals surface area (Å²) in [6.07, 6.45) is 3.96. The van der Waals surface area contributed by atoms with Gasteiger partial charge in [0.25, 0.3) is 0 Å². The van der Waals surface area contributed by atoms with Crippen molar-refractivity contribution < 1.29 is 9.90 Å². The fourth-order valence-corrected chi connectivity index (χ4v) is 2.31. The first-order valence-corrected chi connectivity index (χ1v) is 6.45. The van der Waals surface area contributed by atoms with Crippen molar-refractivity contribution in [3.05, 3.63) is 0 Å². The minimum atomic E-state index is 0.0841. The zero-order valence-corrected chi connectivity index (χ0v) is 10.8. The standard InChI is InChI=1S/C13H25NO2/c1-10(2)8-11(3)9-13(16)14(6-7-15)12-4-5-12/h10-12,15H,4-9H2,1-3H3. The van der Waals surface area contributed by atoms with Crippen molar-refractivity contribution in [3.63, 3.8) is 0 Å². The summed E-state index contributed by atoms with van der Waals surface area (Å²) in [7, 11) is 0. The van der Waals surface area contributed by atoms with Crippen molar-refractivity contribution in [2.75, 3.05) is 13.2 Å². The lowest BCUT2D eigenvalue weighted by Crippen LogP contribution is -2.36. The lowest BCUT2D eigenvalue weighted by Gasteiger charge is -2.23. The molecule has 0 radical (unpaired) electrons. The maximum Gasteiger partial charge on any atom is 0.223 e. The Kier molecular flexibility index (Phi) is 5.26. The second kappa shape index (κ2) is 6.24. The molecule has 3 nitrogen and oxygen atoms in total. The quantitative estimate of drug-likeness (QED) is 0.723. The summed E-state index contributed by atoms with van der Waals surface area (Å²) in [5.74, 6) is 1.33. The number of aliphatic hydroxyl groups is 1. The van der Waals surface area contributed by atoms with Crippen LogP contribution >= 0.6 is 0 Å². The molecule has 1 N–H and O–H groups in total. The van der Waals surface area contributed by atoms with Gasteiger partial charge >= 0.3 is 0 Å². The molecule has 1 rings (SSSR count). The molecule has 3 heteroatoms. The highest BCUT2D eigenvalue weighted by Crippen LogP contribution is 2.28. The van der Waals surface area contributed by atoms with Gasteiger partial charge in [-0.15, -0.1) is 0 Å². The van der Waals surface area contributed by atoms with Gasteiger partial charge in [0, 0.05) is 19.0 Å². The molecule has 0 aliphatic heterocycles. The molecular weight excluding hydrogens is 202 g/mol. The van der Waals surface area contributed by atoms with Crippen LogP contribution in [0, 0.1) is 11.8 Å². The van der Waals surface area contributed by atoms with E-state index in [-0.39, 0.29) is 12.5 Å². The van der Waals surface area contributed by atoms with E-state index >= 15 is 0 Å². The summed E-state index contributed by atoms with van der Waals surface area (Å²) in [5, 5.41) is 8.95. The monoisotopic (exact) mass is 227 g/mol. The minimum absolute atomic E-state index is 0.0841. The van der Waals surface area contributed by atoms with Crippen molar-refractivity contribution in [2.24, 2.45) is 11.8 Å². The topological polar surface area (TPSA) is 40.5 Å². The predicted molar refractivity (Wildman–Crippen MR) is 65.1 cm³/mol. The van der Waals surface area contributed by atoms with Gasteiger partial charge in [0.05, 0.1) is 6.61 Å². The maximum absolute atomic E-state index is 12.0. The third-order valence-corrected chi connectivity index (χ3v) is 3.05. The van der Waals surface area contributed by atoms with Crippen LogP contribution in [0.25, 0.3) is 0 Å². The molecule has 0 aromatic rings. The number of aliphatic hydroxyl groups excluding tert-OH is 1. The summed E-state index contributed by atoms with van der Waals surface area (Å²) in [6, 6.07) is 0.422. The molecule has 0 aromatic carbocycles. The van der Waals surface area contributed by atoms with E-state index in [1.165, 1.54) is 0 Å². The van der Waals surface area contributed by atoms with E-state index in [2.05, 4.69) is 20.8 Å². The fraction of sp³-hybridized carbons (Fsp3) is 0.923. The Morgan fingerprint density at radius 1 is 1.38 bits per heavy atom. The zero-order valence-electron chi connectivity index (χ0n) is 10.8. The summed E-state index contributed by atoms with van der Waals surface area (Å²) >= 11 is 0. The Balaban J connectivity index is 2.36. The third kappa shape index (κ3) is 4.52. The van der Waals surface area contributed by atoms with Gasteiger partial charge in [-0.2, -0.15) is 0 Å². The summed E-state index contributed by atoms with van der Waals surface area (Å²) in [6.45, 7) is 7.11. The molecule has 16 heavy (non-hydrogen) atoms. The highest BCUT2D eigenvalue weighted by Gasteiger charge is 2.32. The van der Waals surface area contributed by atoms with Crippen molar-refractivity contribution >= 4 is 5.91 Å². The lowest BCUT2D eigenvalue weighted by molar-refractivity contribution is -0.133. The molecule has 1 saturated carbocycles. The van der Waals surface area contributed by atoms with Crippen LogP contribution in [0.4, 0.5) is 0 Å². The third-order valence-electron chi connectivity index (χ3n) is 3.05. The van der Waals surface area contributed by atoms with Crippen LogP contribution in [0.3, 0.4) is 0 Å². The predicted octanol–water partition coefficient (Wildman–Crippen LogP) is 2.04. The van der Waals surface area contributed by atoms with E-state index in [4.69, 9.17) is 5.11 Å². The number of amides is 1. The summed E-state index contributed by atoms with van der Waals surface area (Å²) in [4.78, 5) is 13.9. The molecule has 1 amide bonds. The first kappa shape index (κ1) is 13.5. The largest absolute Gasteiger partial charge is 0.395 e. The Morgan fingerprint density at radius 3 is 2.44 bits per heavy atom. The second-order valence-corrected chi connectivity index (χ2v) is 5.48. The van der Waals surface area contributed by atoms with Gasteiger partial charge in [-0.25, -0.2) is 0 Å². The summed E-state index contributed by atoms with van der Waals surface area (Å²) < 4.78 is 0. The molecule has 0 aromatic heterocycles. The van der Waals surface area contributed by atoms with Crippen molar-refractivity contribution in [1.82, 2.24) is 4.90 Å². The van der Waals surface area contributed by atoms with Crippen LogP contribution in [0.2, 0.25) is 0 Å². The first-order chi connectivity index (χ1) is 7.54. The number of hydrogen-bond acceptors (Lipinski definition) is 2. The van der Waals surface area contributed by atoms with Crippen LogP contribution in [-0.4, -0.2) is 35.1 Å². The van der Waals surface area contributed by atoms with E-state index < -0.39 is 0 Å².